The van der Waals surface area contributed by atoms with Crippen LogP contribution in [0.15, 0.2) is 40.8 Å². The molecule has 1 aliphatic heterocycles. The summed E-state index contributed by atoms with van der Waals surface area (Å²) in [7, 11) is -3.63. The molecule has 154 valence electrons. The zero-order chi connectivity index (χ0) is 20.0. The first-order valence-electron chi connectivity index (χ1n) is 10.2. The first-order valence-corrected chi connectivity index (χ1v) is 12.0. The fourth-order valence-corrected chi connectivity index (χ4v) is 5.84. The third-order valence-corrected chi connectivity index (χ3v) is 7.79. The fraction of sp³-hybridized carbons (Fsp3) is 0.571. The van der Waals surface area contributed by atoms with Crippen LogP contribution in [0.25, 0.3) is 0 Å². The molecule has 0 bridgehead atoms. The number of hydrogen-bond acceptors (Lipinski definition) is 3. The second kappa shape index (κ2) is 9.90. The van der Waals surface area contributed by atoms with Crippen molar-refractivity contribution in [3.63, 3.8) is 0 Å². The second-order valence-corrected chi connectivity index (χ2v) is 9.96. The standard InChI is InChI=1S/C21H29ClN2O3S/c22-18-9-11-20(12-10-18)28(26,27)24-15-5-4-8-19(24)16-21(25)23-14-13-17-6-2-1-3-7-17/h6,9-12,19H,1-5,7-8,13-16H2,(H,23,25)/t19-/m1/s1. The number of amides is 1. The molecule has 0 aromatic heterocycles. The van der Waals surface area contributed by atoms with Gasteiger partial charge in [-0.2, -0.15) is 4.31 Å². The maximum Gasteiger partial charge on any atom is 0.243 e. The molecule has 1 amide bonds. The second-order valence-electron chi connectivity index (χ2n) is 7.63. The van der Waals surface area contributed by atoms with E-state index in [1.54, 1.807) is 12.1 Å². The van der Waals surface area contributed by atoms with Crippen LogP contribution in [-0.4, -0.2) is 37.8 Å². The van der Waals surface area contributed by atoms with Gasteiger partial charge < -0.3 is 5.32 Å². The van der Waals surface area contributed by atoms with Crippen LogP contribution >= 0.6 is 11.6 Å². The number of halogens is 1. The number of nitrogens with zero attached hydrogens (tertiary/aromatic N) is 1. The normalized spacial score (nSPS) is 21.2. The number of rotatable bonds is 7. The molecule has 1 N–H and O–H groups in total. The highest BCUT2D eigenvalue weighted by molar-refractivity contribution is 7.89. The quantitative estimate of drug-likeness (QED) is 0.664. The predicted octanol–water partition coefficient (Wildman–Crippen LogP) is 4.28. The summed E-state index contributed by atoms with van der Waals surface area (Å²) in [6.07, 6.45) is 10.6. The predicted molar refractivity (Wildman–Crippen MR) is 112 cm³/mol. The van der Waals surface area contributed by atoms with Crippen molar-refractivity contribution >= 4 is 27.5 Å². The molecule has 1 saturated heterocycles. The molecule has 1 fully saturated rings. The average Bonchev–Trinajstić information content (AvgIpc) is 2.69. The maximum absolute atomic E-state index is 13.1. The van der Waals surface area contributed by atoms with Gasteiger partial charge in [-0.15, -0.1) is 0 Å². The van der Waals surface area contributed by atoms with Crippen molar-refractivity contribution in [1.82, 2.24) is 9.62 Å². The van der Waals surface area contributed by atoms with Crippen molar-refractivity contribution in [3.8, 4) is 0 Å². The van der Waals surface area contributed by atoms with E-state index in [0.717, 1.165) is 32.1 Å². The summed E-state index contributed by atoms with van der Waals surface area (Å²) in [5.74, 6) is -0.0698. The molecule has 1 aromatic carbocycles. The summed E-state index contributed by atoms with van der Waals surface area (Å²) >= 11 is 5.88. The van der Waals surface area contributed by atoms with Gasteiger partial charge in [-0.25, -0.2) is 8.42 Å². The topological polar surface area (TPSA) is 66.5 Å². The lowest BCUT2D eigenvalue weighted by Gasteiger charge is -2.34. The van der Waals surface area contributed by atoms with Crippen molar-refractivity contribution in [2.75, 3.05) is 13.1 Å². The summed E-state index contributed by atoms with van der Waals surface area (Å²) in [6.45, 7) is 1.08. The van der Waals surface area contributed by atoms with Gasteiger partial charge in [-0.05, 0) is 69.2 Å². The lowest BCUT2D eigenvalue weighted by Crippen LogP contribution is -2.46. The molecule has 0 radical (unpaired) electrons. The Labute approximate surface area is 173 Å². The number of nitrogens with one attached hydrogen (secondary N) is 1. The highest BCUT2D eigenvalue weighted by atomic mass is 35.5. The van der Waals surface area contributed by atoms with Crippen LogP contribution < -0.4 is 5.32 Å². The van der Waals surface area contributed by atoms with Crippen LogP contribution in [0.5, 0.6) is 0 Å². The highest BCUT2D eigenvalue weighted by Crippen LogP contribution is 2.28. The van der Waals surface area contributed by atoms with E-state index in [-0.39, 0.29) is 23.3 Å². The smallest absolute Gasteiger partial charge is 0.243 e. The summed E-state index contributed by atoms with van der Waals surface area (Å²) in [5, 5.41) is 3.48. The van der Waals surface area contributed by atoms with Crippen LogP contribution in [-0.2, 0) is 14.8 Å². The van der Waals surface area contributed by atoms with Crippen molar-refractivity contribution in [1.29, 1.82) is 0 Å². The van der Waals surface area contributed by atoms with E-state index in [4.69, 9.17) is 11.6 Å². The first kappa shape index (κ1) is 21.3. The number of hydrogen-bond donors (Lipinski definition) is 1. The molecule has 1 aliphatic carbocycles. The van der Waals surface area contributed by atoms with Crippen LogP contribution in [0.1, 0.15) is 57.8 Å². The molecule has 1 atom stereocenters. The van der Waals surface area contributed by atoms with Gasteiger partial charge in [0, 0.05) is 30.6 Å². The molecule has 0 spiro atoms. The highest BCUT2D eigenvalue weighted by Gasteiger charge is 2.34. The zero-order valence-corrected chi connectivity index (χ0v) is 17.8. The van der Waals surface area contributed by atoms with Crippen LogP contribution in [0.4, 0.5) is 0 Å². The Bertz CT molecular complexity index is 805. The third-order valence-electron chi connectivity index (χ3n) is 5.57. The Kier molecular flexibility index (Phi) is 7.55. The molecule has 28 heavy (non-hydrogen) atoms. The number of carbonyl (C=O) groups is 1. The SMILES string of the molecule is O=C(C[C@H]1CCCCN1S(=O)(=O)c1ccc(Cl)cc1)NCCC1=CCCCC1. The number of carbonyl (C=O) groups excluding carboxylic acids is 1. The molecule has 1 aromatic rings. The van der Waals surface area contributed by atoms with Gasteiger partial charge >= 0.3 is 0 Å². The van der Waals surface area contributed by atoms with Crippen molar-refractivity contribution < 1.29 is 13.2 Å². The van der Waals surface area contributed by atoms with E-state index in [0.29, 0.717) is 24.5 Å². The van der Waals surface area contributed by atoms with Gasteiger partial charge in [-0.1, -0.05) is 29.7 Å². The largest absolute Gasteiger partial charge is 0.356 e. The van der Waals surface area contributed by atoms with E-state index in [1.807, 2.05) is 0 Å². The summed E-state index contributed by atoms with van der Waals surface area (Å²) in [4.78, 5) is 12.7. The Morgan fingerprint density at radius 1 is 1.14 bits per heavy atom. The summed E-state index contributed by atoms with van der Waals surface area (Å²) < 4.78 is 27.6. The Hall–Kier alpha value is -1.37. The monoisotopic (exact) mass is 424 g/mol. The van der Waals surface area contributed by atoms with E-state index in [2.05, 4.69) is 11.4 Å². The minimum absolute atomic E-state index is 0.0698. The minimum atomic E-state index is -3.63. The Morgan fingerprint density at radius 3 is 2.64 bits per heavy atom. The molecule has 2 aliphatic rings. The molecule has 7 heteroatoms. The molecule has 0 unspecified atom stereocenters. The van der Waals surface area contributed by atoms with E-state index >= 15 is 0 Å². The first-order chi connectivity index (χ1) is 13.5. The van der Waals surface area contributed by atoms with Crippen molar-refractivity contribution in [2.45, 2.75) is 68.7 Å². The number of allylic oxidation sites excluding steroid dienone is 1. The number of piperidine rings is 1. The Balaban J connectivity index is 1.58. The Morgan fingerprint density at radius 2 is 1.93 bits per heavy atom. The van der Waals surface area contributed by atoms with Gasteiger partial charge in [0.2, 0.25) is 15.9 Å². The van der Waals surface area contributed by atoms with Gasteiger partial charge in [-0.3, -0.25) is 4.79 Å². The zero-order valence-electron chi connectivity index (χ0n) is 16.2. The van der Waals surface area contributed by atoms with E-state index in [9.17, 15) is 13.2 Å². The van der Waals surface area contributed by atoms with Crippen molar-refractivity contribution in [2.24, 2.45) is 0 Å². The maximum atomic E-state index is 13.1. The molecular formula is C21H29ClN2O3S. The van der Waals surface area contributed by atoms with Crippen molar-refractivity contribution in [3.05, 3.63) is 40.9 Å². The number of benzene rings is 1. The molecule has 5 nitrogen and oxygen atoms in total. The minimum Gasteiger partial charge on any atom is -0.356 e. The average molecular weight is 425 g/mol. The lowest BCUT2D eigenvalue weighted by molar-refractivity contribution is -0.122. The summed E-state index contributed by atoms with van der Waals surface area (Å²) in [6, 6.07) is 5.94. The van der Waals surface area contributed by atoms with E-state index < -0.39 is 10.0 Å². The van der Waals surface area contributed by atoms with Crippen LogP contribution in [0, 0.1) is 0 Å². The molecule has 1 heterocycles. The van der Waals surface area contributed by atoms with E-state index in [1.165, 1.54) is 34.9 Å². The summed E-state index contributed by atoms with van der Waals surface area (Å²) in [5.41, 5.74) is 1.43. The van der Waals surface area contributed by atoms with Gasteiger partial charge in [0.25, 0.3) is 0 Å². The molecule has 0 saturated carbocycles. The molecular weight excluding hydrogens is 396 g/mol. The lowest BCUT2D eigenvalue weighted by atomic mass is 9.97. The third kappa shape index (κ3) is 5.58. The van der Waals surface area contributed by atoms with Gasteiger partial charge in [0.1, 0.15) is 0 Å². The molecule has 3 rings (SSSR count). The fourth-order valence-electron chi connectivity index (χ4n) is 4.02. The number of sulfonamides is 1. The van der Waals surface area contributed by atoms with Crippen LogP contribution in [0.2, 0.25) is 5.02 Å². The van der Waals surface area contributed by atoms with Gasteiger partial charge in [0.15, 0.2) is 0 Å². The van der Waals surface area contributed by atoms with Crippen LogP contribution in [0.3, 0.4) is 0 Å². The van der Waals surface area contributed by atoms with Gasteiger partial charge in [0.05, 0.1) is 4.90 Å².